The van der Waals surface area contributed by atoms with Crippen molar-refractivity contribution in [1.29, 1.82) is 0 Å². The van der Waals surface area contributed by atoms with E-state index in [4.69, 9.17) is 4.42 Å². The molecule has 0 saturated heterocycles. The maximum atomic E-state index is 12.0. The summed E-state index contributed by atoms with van der Waals surface area (Å²) in [5, 5.41) is 3.44. The molecule has 0 saturated carbocycles. The minimum absolute atomic E-state index is 0.267. The summed E-state index contributed by atoms with van der Waals surface area (Å²) in [4.78, 5) is 24.5. The molecule has 1 aliphatic rings. The Morgan fingerprint density at radius 2 is 2.29 bits per heavy atom. The quantitative estimate of drug-likeness (QED) is 0.791. The summed E-state index contributed by atoms with van der Waals surface area (Å²) < 4.78 is 5.10. The molecule has 1 aliphatic heterocycles. The predicted octanol–water partition coefficient (Wildman–Crippen LogP) is 2.94. The minimum Gasteiger partial charge on any atom is -0.459 e. The molecule has 6 nitrogen and oxygen atoms in total. The average molecular weight is 340 g/mol. The number of aromatic nitrogens is 2. The third kappa shape index (κ3) is 3.22. The summed E-state index contributed by atoms with van der Waals surface area (Å²) in [6.45, 7) is 2.60. The van der Waals surface area contributed by atoms with Crippen LogP contribution in [-0.4, -0.2) is 27.3 Å². The van der Waals surface area contributed by atoms with Crippen molar-refractivity contribution in [2.24, 2.45) is 0 Å². The van der Waals surface area contributed by atoms with Gasteiger partial charge >= 0.3 is 0 Å². The molecule has 1 amide bonds. The van der Waals surface area contributed by atoms with Crippen LogP contribution in [-0.2, 0) is 19.5 Å². The van der Waals surface area contributed by atoms with Gasteiger partial charge in [-0.05, 0) is 24.3 Å². The van der Waals surface area contributed by atoms with Crippen LogP contribution >= 0.6 is 11.3 Å². The van der Waals surface area contributed by atoms with Crippen molar-refractivity contribution in [2.45, 2.75) is 19.5 Å². The molecule has 0 spiro atoms. The summed E-state index contributed by atoms with van der Waals surface area (Å²) in [5.74, 6) is 0.0244. The Bertz CT molecular complexity index is 830. The first-order valence-corrected chi connectivity index (χ1v) is 8.55. The van der Waals surface area contributed by atoms with E-state index in [9.17, 15) is 4.79 Å². The summed E-state index contributed by atoms with van der Waals surface area (Å²) in [6, 6.07) is 9.30. The van der Waals surface area contributed by atoms with Crippen molar-refractivity contribution in [1.82, 2.24) is 14.9 Å². The summed E-state index contributed by atoms with van der Waals surface area (Å²) in [5.41, 5.74) is 2.14. The van der Waals surface area contributed by atoms with E-state index in [1.54, 1.807) is 12.1 Å². The van der Waals surface area contributed by atoms with Gasteiger partial charge in [-0.1, -0.05) is 6.07 Å². The standard InChI is InChI=1S/C17H16N4O2S/c22-16(14-5-3-9-23-14)20-17-19-13-6-8-21(11-15(13)24-17)10-12-4-1-2-7-18-12/h1-5,7,9H,6,8,10-11H2,(H,19,20,22). The molecule has 0 radical (unpaired) electrons. The molecule has 0 bridgehead atoms. The fraction of sp³-hybridized carbons (Fsp3) is 0.235. The molecule has 7 heteroatoms. The fourth-order valence-corrected chi connectivity index (χ4v) is 3.77. The lowest BCUT2D eigenvalue weighted by Crippen LogP contribution is -2.29. The van der Waals surface area contributed by atoms with E-state index in [-0.39, 0.29) is 5.91 Å². The highest BCUT2D eigenvalue weighted by molar-refractivity contribution is 7.15. The minimum atomic E-state index is -0.267. The Morgan fingerprint density at radius 1 is 1.33 bits per heavy atom. The number of furan rings is 1. The molecule has 24 heavy (non-hydrogen) atoms. The summed E-state index contributed by atoms with van der Waals surface area (Å²) in [7, 11) is 0. The molecule has 1 N–H and O–H groups in total. The van der Waals surface area contributed by atoms with Crippen molar-refractivity contribution in [3.05, 3.63) is 64.8 Å². The second kappa shape index (κ2) is 6.54. The normalized spacial score (nSPS) is 14.3. The topological polar surface area (TPSA) is 71.3 Å². The number of nitrogens with zero attached hydrogens (tertiary/aromatic N) is 3. The Balaban J connectivity index is 1.43. The van der Waals surface area contributed by atoms with Crippen LogP contribution in [0.1, 0.15) is 26.8 Å². The Morgan fingerprint density at radius 3 is 3.08 bits per heavy atom. The van der Waals surface area contributed by atoms with Gasteiger partial charge in [0.1, 0.15) is 0 Å². The maximum Gasteiger partial charge on any atom is 0.293 e. The van der Waals surface area contributed by atoms with Gasteiger partial charge in [-0.25, -0.2) is 4.98 Å². The number of carbonyl (C=O) groups excluding carboxylic acids is 1. The molecule has 0 aromatic carbocycles. The van der Waals surface area contributed by atoms with Crippen molar-refractivity contribution >= 4 is 22.4 Å². The van der Waals surface area contributed by atoms with E-state index in [0.717, 1.165) is 37.4 Å². The SMILES string of the molecule is O=C(Nc1nc2c(s1)CN(Cc1ccccn1)CC2)c1ccco1. The zero-order chi connectivity index (χ0) is 16.4. The second-order valence-corrected chi connectivity index (χ2v) is 6.69. The molecular weight excluding hydrogens is 324 g/mol. The van der Waals surface area contributed by atoms with Gasteiger partial charge in [0, 0.05) is 37.1 Å². The number of nitrogens with one attached hydrogen (secondary N) is 1. The highest BCUT2D eigenvalue weighted by Crippen LogP contribution is 2.29. The highest BCUT2D eigenvalue weighted by Gasteiger charge is 2.22. The molecule has 0 unspecified atom stereocenters. The maximum absolute atomic E-state index is 12.0. The van der Waals surface area contributed by atoms with E-state index in [0.29, 0.717) is 10.9 Å². The van der Waals surface area contributed by atoms with Gasteiger partial charge in [-0.3, -0.25) is 20.0 Å². The van der Waals surface area contributed by atoms with Gasteiger partial charge in [-0.2, -0.15) is 0 Å². The molecule has 4 rings (SSSR count). The van der Waals surface area contributed by atoms with Gasteiger partial charge in [-0.15, -0.1) is 11.3 Å². The van der Waals surface area contributed by atoms with Gasteiger partial charge < -0.3 is 4.42 Å². The monoisotopic (exact) mass is 340 g/mol. The third-order valence-electron chi connectivity index (χ3n) is 3.89. The van der Waals surface area contributed by atoms with Crippen molar-refractivity contribution in [3.63, 3.8) is 0 Å². The zero-order valence-electron chi connectivity index (χ0n) is 12.9. The predicted molar refractivity (Wildman–Crippen MR) is 90.8 cm³/mol. The molecule has 0 aliphatic carbocycles. The summed E-state index contributed by atoms with van der Waals surface area (Å²) >= 11 is 1.53. The van der Waals surface area contributed by atoms with Crippen LogP contribution in [0.15, 0.2) is 47.2 Å². The Kier molecular flexibility index (Phi) is 4.10. The molecule has 0 atom stereocenters. The second-order valence-electron chi connectivity index (χ2n) is 5.60. The molecular formula is C17H16N4O2S. The van der Waals surface area contributed by atoms with Crippen LogP contribution in [0.2, 0.25) is 0 Å². The number of rotatable bonds is 4. The largest absolute Gasteiger partial charge is 0.459 e. The number of amides is 1. The lowest BCUT2D eigenvalue weighted by atomic mass is 10.1. The van der Waals surface area contributed by atoms with Crippen molar-refractivity contribution < 1.29 is 9.21 Å². The van der Waals surface area contributed by atoms with Gasteiger partial charge in [0.25, 0.3) is 5.91 Å². The lowest BCUT2D eigenvalue weighted by molar-refractivity contribution is 0.0996. The van der Waals surface area contributed by atoms with E-state index in [1.165, 1.54) is 22.5 Å². The average Bonchev–Trinajstić information content (AvgIpc) is 3.24. The Labute approximate surface area is 143 Å². The summed E-state index contributed by atoms with van der Waals surface area (Å²) in [6.07, 6.45) is 4.19. The molecule has 0 fully saturated rings. The van der Waals surface area contributed by atoms with Gasteiger partial charge in [0.2, 0.25) is 0 Å². The van der Waals surface area contributed by atoms with Crippen LogP contribution < -0.4 is 5.32 Å². The van der Waals surface area contributed by atoms with Crippen LogP contribution in [0.3, 0.4) is 0 Å². The van der Waals surface area contributed by atoms with Crippen LogP contribution in [0.5, 0.6) is 0 Å². The van der Waals surface area contributed by atoms with E-state index >= 15 is 0 Å². The first-order chi connectivity index (χ1) is 11.8. The van der Waals surface area contributed by atoms with Gasteiger partial charge in [0.05, 0.1) is 17.7 Å². The number of hydrogen-bond acceptors (Lipinski definition) is 6. The number of pyridine rings is 1. The van der Waals surface area contributed by atoms with E-state index in [2.05, 4.69) is 20.2 Å². The van der Waals surface area contributed by atoms with Gasteiger partial charge in [0.15, 0.2) is 10.9 Å². The smallest absolute Gasteiger partial charge is 0.293 e. The lowest BCUT2D eigenvalue weighted by Gasteiger charge is -2.25. The van der Waals surface area contributed by atoms with Crippen LogP contribution in [0.25, 0.3) is 0 Å². The Hall–Kier alpha value is -2.51. The molecule has 4 heterocycles. The van der Waals surface area contributed by atoms with Crippen molar-refractivity contribution in [2.75, 3.05) is 11.9 Å². The number of fused-ring (bicyclic) bond motifs is 1. The zero-order valence-corrected chi connectivity index (χ0v) is 13.8. The van der Waals surface area contributed by atoms with Crippen LogP contribution in [0.4, 0.5) is 5.13 Å². The van der Waals surface area contributed by atoms with E-state index in [1.807, 2.05) is 24.4 Å². The number of carbonyl (C=O) groups is 1. The first-order valence-electron chi connectivity index (χ1n) is 7.73. The van der Waals surface area contributed by atoms with Crippen molar-refractivity contribution in [3.8, 4) is 0 Å². The molecule has 122 valence electrons. The third-order valence-corrected chi connectivity index (χ3v) is 4.89. The van der Waals surface area contributed by atoms with Crippen LogP contribution in [0, 0.1) is 0 Å². The number of hydrogen-bond donors (Lipinski definition) is 1. The number of anilines is 1. The number of thiazole rings is 1. The highest BCUT2D eigenvalue weighted by atomic mass is 32.1. The van der Waals surface area contributed by atoms with E-state index < -0.39 is 0 Å². The first kappa shape index (κ1) is 15.0. The molecule has 3 aromatic heterocycles. The fourth-order valence-electron chi connectivity index (χ4n) is 2.72. The molecule has 3 aromatic rings.